The fraction of sp³-hybridized carbons (Fsp3) is 0.667. The molecule has 1 heterocycles. The molecule has 1 unspecified atom stereocenters. The molecule has 0 aliphatic carbocycles. The zero-order valence-corrected chi connectivity index (χ0v) is 14.8. The van der Waals surface area contributed by atoms with Crippen LogP contribution in [-0.4, -0.2) is 23.9 Å². The van der Waals surface area contributed by atoms with Crippen LogP contribution in [-0.2, 0) is 4.79 Å². The van der Waals surface area contributed by atoms with E-state index in [1.807, 2.05) is 6.07 Å². The first-order valence-corrected chi connectivity index (χ1v) is 9.64. The molecule has 128 valence electrons. The monoisotopic (exact) mass is 315 g/mol. The van der Waals surface area contributed by atoms with E-state index < -0.39 is 0 Å². The molecule has 1 aliphatic heterocycles. The topological polar surface area (TPSA) is 20.3 Å². The minimum absolute atomic E-state index is 0.346. The van der Waals surface area contributed by atoms with E-state index in [4.69, 9.17) is 0 Å². The molecule has 0 spiro atoms. The minimum atomic E-state index is 0.346. The van der Waals surface area contributed by atoms with Gasteiger partial charge in [0.25, 0.3) is 0 Å². The van der Waals surface area contributed by atoms with E-state index in [1.54, 1.807) is 0 Å². The van der Waals surface area contributed by atoms with Crippen LogP contribution in [0.25, 0.3) is 0 Å². The Hall–Kier alpha value is -1.31. The lowest BCUT2D eigenvalue weighted by Crippen LogP contribution is -2.26. The van der Waals surface area contributed by atoms with Gasteiger partial charge in [-0.3, -0.25) is 4.79 Å². The molecule has 0 bridgehead atoms. The van der Waals surface area contributed by atoms with Gasteiger partial charge in [0.15, 0.2) is 0 Å². The van der Waals surface area contributed by atoms with Crippen molar-refractivity contribution in [2.24, 2.45) is 0 Å². The standard InChI is InChI=1S/C21H33NO/c1-2-3-4-5-6-7-8-9-13-16-22-18-20(17-21(22)23)19-14-11-10-12-15-19/h10-12,14-15,20H,2-9,13,16-18H2,1H3. The van der Waals surface area contributed by atoms with E-state index in [0.29, 0.717) is 18.2 Å². The van der Waals surface area contributed by atoms with Crippen molar-refractivity contribution in [3.8, 4) is 0 Å². The fourth-order valence-corrected chi connectivity index (χ4v) is 3.55. The first kappa shape index (κ1) is 18.0. The normalized spacial score (nSPS) is 17.9. The van der Waals surface area contributed by atoms with Gasteiger partial charge in [-0.1, -0.05) is 88.6 Å². The van der Waals surface area contributed by atoms with Crippen LogP contribution in [0.15, 0.2) is 30.3 Å². The summed E-state index contributed by atoms with van der Waals surface area (Å²) in [6, 6.07) is 10.5. The summed E-state index contributed by atoms with van der Waals surface area (Å²) in [6.45, 7) is 4.14. The molecule has 0 N–H and O–H groups in total. The average Bonchev–Trinajstić information content (AvgIpc) is 2.95. The van der Waals surface area contributed by atoms with Crippen LogP contribution >= 0.6 is 0 Å². The van der Waals surface area contributed by atoms with Crippen LogP contribution in [0, 0.1) is 0 Å². The molecule has 0 saturated carbocycles. The largest absolute Gasteiger partial charge is 0.342 e. The summed E-state index contributed by atoms with van der Waals surface area (Å²) in [4.78, 5) is 14.2. The molecule has 0 aromatic heterocycles. The molecular formula is C21H33NO. The molecule has 1 amide bonds. The van der Waals surface area contributed by atoms with Crippen molar-refractivity contribution >= 4 is 5.91 Å². The Morgan fingerprint density at radius 3 is 2.17 bits per heavy atom. The molecule has 1 atom stereocenters. The lowest BCUT2D eigenvalue weighted by molar-refractivity contribution is -0.127. The fourth-order valence-electron chi connectivity index (χ4n) is 3.55. The first-order valence-electron chi connectivity index (χ1n) is 9.64. The van der Waals surface area contributed by atoms with Crippen LogP contribution in [0.5, 0.6) is 0 Å². The van der Waals surface area contributed by atoms with Crippen LogP contribution < -0.4 is 0 Å². The molecule has 0 radical (unpaired) electrons. The summed E-state index contributed by atoms with van der Waals surface area (Å²) in [5, 5.41) is 0. The second-order valence-corrected chi connectivity index (χ2v) is 6.98. The van der Waals surface area contributed by atoms with E-state index in [2.05, 4.69) is 36.1 Å². The zero-order chi connectivity index (χ0) is 16.3. The predicted octanol–water partition coefficient (Wildman–Crippen LogP) is 5.53. The van der Waals surface area contributed by atoms with Gasteiger partial charge in [-0.15, -0.1) is 0 Å². The van der Waals surface area contributed by atoms with E-state index >= 15 is 0 Å². The van der Waals surface area contributed by atoms with Crippen LogP contribution in [0.2, 0.25) is 0 Å². The van der Waals surface area contributed by atoms with Gasteiger partial charge in [0.1, 0.15) is 0 Å². The summed E-state index contributed by atoms with van der Waals surface area (Å²) >= 11 is 0. The average molecular weight is 316 g/mol. The molecule has 1 aromatic rings. The number of likely N-dealkylation sites (tertiary alicyclic amines) is 1. The van der Waals surface area contributed by atoms with Crippen LogP contribution in [0.3, 0.4) is 0 Å². The van der Waals surface area contributed by atoms with Gasteiger partial charge in [-0.2, -0.15) is 0 Å². The van der Waals surface area contributed by atoms with Gasteiger partial charge in [0.05, 0.1) is 0 Å². The van der Waals surface area contributed by atoms with Gasteiger partial charge < -0.3 is 4.90 Å². The van der Waals surface area contributed by atoms with Crippen LogP contribution in [0.4, 0.5) is 0 Å². The third kappa shape index (κ3) is 6.37. The SMILES string of the molecule is CCCCCCCCCCCN1CC(c2ccccc2)CC1=O. The minimum Gasteiger partial charge on any atom is -0.342 e. The summed E-state index contributed by atoms with van der Waals surface area (Å²) < 4.78 is 0. The van der Waals surface area contributed by atoms with E-state index in [1.165, 1.54) is 63.4 Å². The molecule has 1 saturated heterocycles. The summed E-state index contributed by atoms with van der Waals surface area (Å²) in [5.41, 5.74) is 1.32. The summed E-state index contributed by atoms with van der Waals surface area (Å²) in [6.07, 6.45) is 12.7. The van der Waals surface area contributed by atoms with Crippen LogP contribution in [0.1, 0.15) is 82.6 Å². The smallest absolute Gasteiger partial charge is 0.223 e. The maximum absolute atomic E-state index is 12.2. The molecular weight excluding hydrogens is 282 g/mol. The highest BCUT2D eigenvalue weighted by Gasteiger charge is 2.29. The Balaban J connectivity index is 1.55. The third-order valence-corrected chi connectivity index (χ3v) is 5.02. The maximum Gasteiger partial charge on any atom is 0.223 e. The van der Waals surface area contributed by atoms with Gasteiger partial charge in [-0.05, 0) is 12.0 Å². The summed E-state index contributed by atoms with van der Waals surface area (Å²) in [7, 11) is 0. The van der Waals surface area contributed by atoms with Crippen molar-refractivity contribution in [2.45, 2.75) is 77.0 Å². The Labute approximate surface area is 142 Å². The number of hydrogen-bond donors (Lipinski definition) is 0. The number of amides is 1. The van der Waals surface area contributed by atoms with Crippen molar-refractivity contribution < 1.29 is 4.79 Å². The predicted molar refractivity (Wildman–Crippen MR) is 97.6 cm³/mol. The van der Waals surface area contributed by atoms with E-state index in [9.17, 15) is 4.79 Å². The molecule has 1 fully saturated rings. The molecule has 1 aromatic carbocycles. The third-order valence-electron chi connectivity index (χ3n) is 5.02. The number of unbranched alkanes of at least 4 members (excludes halogenated alkanes) is 8. The molecule has 2 rings (SSSR count). The number of rotatable bonds is 11. The number of carbonyl (C=O) groups is 1. The Kier molecular flexibility index (Phi) is 8.20. The molecule has 23 heavy (non-hydrogen) atoms. The quantitative estimate of drug-likeness (QED) is 0.491. The van der Waals surface area contributed by atoms with Gasteiger partial charge in [-0.25, -0.2) is 0 Å². The number of carbonyl (C=O) groups excluding carboxylic acids is 1. The highest BCUT2D eigenvalue weighted by Crippen LogP contribution is 2.28. The van der Waals surface area contributed by atoms with Crippen molar-refractivity contribution in [2.75, 3.05) is 13.1 Å². The molecule has 2 nitrogen and oxygen atoms in total. The van der Waals surface area contributed by atoms with Crippen molar-refractivity contribution in [3.05, 3.63) is 35.9 Å². The van der Waals surface area contributed by atoms with E-state index in [0.717, 1.165) is 13.1 Å². The Bertz CT molecular complexity index is 442. The second-order valence-electron chi connectivity index (χ2n) is 6.98. The maximum atomic E-state index is 12.2. The van der Waals surface area contributed by atoms with Crippen molar-refractivity contribution in [3.63, 3.8) is 0 Å². The van der Waals surface area contributed by atoms with Gasteiger partial charge in [0, 0.05) is 25.4 Å². The zero-order valence-electron chi connectivity index (χ0n) is 14.8. The highest BCUT2D eigenvalue weighted by atomic mass is 16.2. The van der Waals surface area contributed by atoms with E-state index in [-0.39, 0.29) is 0 Å². The van der Waals surface area contributed by atoms with Gasteiger partial charge in [0.2, 0.25) is 5.91 Å². The molecule has 1 aliphatic rings. The van der Waals surface area contributed by atoms with Gasteiger partial charge >= 0.3 is 0 Å². The van der Waals surface area contributed by atoms with Crippen molar-refractivity contribution in [1.29, 1.82) is 0 Å². The number of hydrogen-bond acceptors (Lipinski definition) is 1. The lowest BCUT2D eigenvalue weighted by Gasteiger charge is -2.16. The second kappa shape index (κ2) is 10.5. The highest BCUT2D eigenvalue weighted by molar-refractivity contribution is 5.79. The first-order chi connectivity index (χ1) is 11.3. The molecule has 2 heteroatoms. The Morgan fingerprint density at radius 1 is 0.913 bits per heavy atom. The lowest BCUT2D eigenvalue weighted by atomic mass is 9.99. The summed E-state index contributed by atoms with van der Waals surface area (Å²) in [5.74, 6) is 0.751. The van der Waals surface area contributed by atoms with Crippen molar-refractivity contribution in [1.82, 2.24) is 4.90 Å². The number of nitrogens with zero attached hydrogens (tertiary/aromatic N) is 1. The Morgan fingerprint density at radius 2 is 1.52 bits per heavy atom. The number of benzene rings is 1.